The second-order valence-electron chi connectivity index (χ2n) is 4.41. The van der Waals surface area contributed by atoms with Crippen LogP contribution < -0.4 is 11.5 Å². The third kappa shape index (κ3) is 1.87. The summed E-state index contributed by atoms with van der Waals surface area (Å²) in [6, 6.07) is 9.40. The van der Waals surface area contributed by atoms with Gasteiger partial charge >= 0.3 is 0 Å². The molecule has 0 radical (unpaired) electrons. The number of rotatable bonds is 2. The van der Waals surface area contributed by atoms with Crippen LogP contribution in [0.2, 0.25) is 0 Å². The molecule has 2 aromatic heterocycles. The standard InChI is InChI=1S/C14H12N4O2/c1-7-11(13(16)19)12(15)18-14(17-7)10-6-8-4-2-3-5-9(8)20-10/h2-6H,1H3,(H2,16,19)(H2,15,17,18). The third-order valence-electron chi connectivity index (χ3n) is 3.01. The van der Waals surface area contributed by atoms with E-state index in [1.807, 2.05) is 30.3 Å². The van der Waals surface area contributed by atoms with Crippen LogP contribution in [0.25, 0.3) is 22.6 Å². The maximum atomic E-state index is 11.3. The van der Waals surface area contributed by atoms with Gasteiger partial charge in [-0.3, -0.25) is 4.79 Å². The van der Waals surface area contributed by atoms with Gasteiger partial charge in [-0.1, -0.05) is 18.2 Å². The molecular formula is C14H12N4O2. The van der Waals surface area contributed by atoms with Crippen LogP contribution >= 0.6 is 0 Å². The smallest absolute Gasteiger partial charge is 0.254 e. The highest BCUT2D eigenvalue weighted by Crippen LogP contribution is 2.27. The number of carbonyl (C=O) groups excluding carboxylic acids is 1. The molecule has 0 atom stereocenters. The summed E-state index contributed by atoms with van der Waals surface area (Å²) in [4.78, 5) is 19.6. The first-order valence-electron chi connectivity index (χ1n) is 5.99. The topological polar surface area (TPSA) is 108 Å². The molecular weight excluding hydrogens is 256 g/mol. The van der Waals surface area contributed by atoms with Crippen molar-refractivity contribution in [3.8, 4) is 11.6 Å². The fraction of sp³-hybridized carbons (Fsp3) is 0.0714. The summed E-state index contributed by atoms with van der Waals surface area (Å²) >= 11 is 0. The number of hydrogen-bond donors (Lipinski definition) is 2. The van der Waals surface area contributed by atoms with E-state index in [0.29, 0.717) is 17.3 Å². The van der Waals surface area contributed by atoms with Crippen LogP contribution in [0.3, 0.4) is 0 Å². The predicted molar refractivity (Wildman–Crippen MR) is 74.9 cm³/mol. The van der Waals surface area contributed by atoms with Crippen LogP contribution in [0, 0.1) is 6.92 Å². The lowest BCUT2D eigenvalue weighted by Gasteiger charge is -2.05. The molecule has 0 spiro atoms. The maximum absolute atomic E-state index is 11.3. The molecule has 0 saturated heterocycles. The molecule has 0 saturated carbocycles. The number of anilines is 1. The van der Waals surface area contributed by atoms with Crippen molar-refractivity contribution in [2.75, 3.05) is 5.73 Å². The molecule has 3 aromatic rings. The highest BCUT2D eigenvalue weighted by molar-refractivity contribution is 5.98. The second kappa shape index (κ2) is 4.34. The van der Waals surface area contributed by atoms with Gasteiger partial charge in [0.2, 0.25) is 0 Å². The van der Waals surface area contributed by atoms with Crippen molar-refractivity contribution in [2.24, 2.45) is 5.73 Å². The van der Waals surface area contributed by atoms with Gasteiger partial charge in [0.05, 0.1) is 5.69 Å². The number of fused-ring (bicyclic) bond motifs is 1. The lowest BCUT2D eigenvalue weighted by molar-refractivity contribution is 0.1000. The summed E-state index contributed by atoms with van der Waals surface area (Å²) in [5, 5.41) is 0.946. The number of aryl methyl sites for hydroxylation is 1. The number of amides is 1. The van der Waals surface area contributed by atoms with Gasteiger partial charge in [0.1, 0.15) is 17.0 Å². The fourth-order valence-electron chi connectivity index (χ4n) is 2.10. The van der Waals surface area contributed by atoms with Gasteiger partial charge in [-0.15, -0.1) is 0 Å². The molecule has 4 N–H and O–H groups in total. The van der Waals surface area contributed by atoms with E-state index in [1.165, 1.54) is 0 Å². The minimum absolute atomic E-state index is 0.0560. The molecule has 2 heterocycles. The Morgan fingerprint density at radius 1 is 1.25 bits per heavy atom. The first-order valence-corrected chi connectivity index (χ1v) is 5.99. The number of furan rings is 1. The monoisotopic (exact) mass is 268 g/mol. The van der Waals surface area contributed by atoms with Crippen LogP contribution in [0.4, 0.5) is 5.82 Å². The Morgan fingerprint density at radius 2 is 2.00 bits per heavy atom. The molecule has 0 aliphatic rings. The Labute approximate surface area is 114 Å². The van der Waals surface area contributed by atoms with Gasteiger partial charge in [0.25, 0.3) is 5.91 Å². The van der Waals surface area contributed by atoms with Crippen LogP contribution in [0.5, 0.6) is 0 Å². The number of hydrogen-bond acceptors (Lipinski definition) is 5. The number of nitrogen functional groups attached to an aromatic ring is 1. The van der Waals surface area contributed by atoms with Gasteiger partial charge in [-0.25, -0.2) is 9.97 Å². The molecule has 0 bridgehead atoms. The van der Waals surface area contributed by atoms with E-state index in [-0.39, 0.29) is 11.4 Å². The minimum atomic E-state index is -0.642. The molecule has 1 aromatic carbocycles. The van der Waals surface area contributed by atoms with Gasteiger partial charge in [-0.2, -0.15) is 0 Å². The fourth-order valence-corrected chi connectivity index (χ4v) is 2.10. The minimum Gasteiger partial charge on any atom is -0.453 e. The van der Waals surface area contributed by atoms with Crippen LogP contribution in [0.1, 0.15) is 16.1 Å². The molecule has 0 aliphatic heterocycles. The number of primary amides is 1. The SMILES string of the molecule is Cc1nc(-c2cc3ccccc3o2)nc(N)c1C(N)=O. The highest BCUT2D eigenvalue weighted by Gasteiger charge is 2.16. The molecule has 3 rings (SSSR count). The molecule has 0 unspecified atom stereocenters. The summed E-state index contributed by atoms with van der Waals surface area (Å²) in [7, 11) is 0. The molecule has 1 amide bonds. The molecule has 100 valence electrons. The average molecular weight is 268 g/mol. The lowest BCUT2D eigenvalue weighted by Crippen LogP contribution is -2.17. The van der Waals surface area contributed by atoms with E-state index in [4.69, 9.17) is 15.9 Å². The predicted octanol–water partition coefficient (Wildman–Crippen LogP) is 1.88. The molecule has 20 heavy (non-hydrogen) atoms. The molecule has 0 aliphatic carbocycles. The zero-order valence-corrected chi connectivity index (χ0v) is 10.8. The van der Waals surface area contributed by atoms with Gasteiger partial charge < -0.3 is 15.9 Å². The number of nitrogens with two attached hydrogens (primary N) is 2. The number of carbonyl (C=O) groups is 1. The van der Waals surface area contributed by atoms with E-state index in [2.05, 4.69) is 9.97 Å². The quantitative estimate of drug-likeness (QED) is 0.737. The van der Waals surface area contributed by atoms with Crippen molar-refractivity contribution in [2.45, 2.75) is 6.92 Å². The second-order valence-corrected chi connectivity index (χ2v) is 4.41. The van der Waals surface area contributed by atoms with Gasteiger partial charge in [-0.05, 0) is 19.1 Å². The van der Waals surface area contributed by atoms with E-state index >= 15 is 0 Å². The van der Waals surface area contributed by atoms with Crippen molar-refractivity contribution in [3.05, 3.63) is 41.6 Å². The average Bonchev–Trinajstić information content (AvgIpc) is 2.81. The number of nitrogens with zero attached hydrogens (tertiary/aromatic N) is 2. The summed E-state index contributed by atoms with van der Waals surface area (Å²) in [5.41, 5.74) is 12.3. The van der Waals surface area contributed by atoms with Crippen LogP contribution in [-0.2, 0) is 0 Å². The van der Waals surface area contributed by atoms with Gasteiger partial charge in [0, 0.05) is 5.39 Å². The highest BCUT2D eigenvalue weighted by atomic mass is 16.3. The van der Waals surface area contributed by atoms with Crippen LogP contribution in [-0.4, -0.2) is 15.9 Å². The molecule has 6 heteroatoms. The maximum Gasteiger partial charge on any atom is 0.254 e. The normalized spacial score (nSPS) is 10.8. The van der Waals surface area contributed by atoms with Crippen molar-refractivity contribution in [1.29, 1.82) is 0 Å². The zero-order valence-electron chi connectivity index (χ0n) is 10.8. The van der Waals surface area contributed by atoms with Crippen molar-refractivity contribution < 1.29 is 9.21 Å². The summed E-state index contributed by atoms with van der Waals surface area (Å²) < 4.78 is 5.67. The van der Waals surface area contributed by atoms with E-state index in [1.54, 1.807) is 6.92 Å². The Hall–Kier alpha value is -2.89. The van der Waals surface area contributed by atoms with Crippen LogP contribution in [0.15, 0.2) is 34.7 Å². The summed E-state index contributed by atoms with van der Waals surface area (Å²) in [5.74, 6) is 0.245. The number of aromatic nitrogens is 2. The summed E-state index contributed by atoms with van der Waals surface area (Å²) in [6.07, 6.45) is 0. The molecule has 0 fully saturated rings. The number of benzene rings is 1. The Morgan fingerprint density at radius 3 is 2.65 bits per heavy atom. The Balaban J connectivity index is 2.17. The van der Waals surface area contributed by atoms with E-state index in [9.17, 15) is 4.79 Å². The zero-order chi connectivity index (χ0) is 14.3. The lowest BCUT2D eigenvalue weighted by atomic mass is 10.2. The van der Waals surface area contributed by atoms with E-state index in [0.717, 1.165) is 11.0 Å². The van der Waals surface area contributed by atoms with Gasteiger partial charge in [0.15, 0.2) is 11.6 Å². The summed E-state index contributed by atoms with van der Waals surface area (Å²) in [6.45, 7) is 1.66. The molecule has 6 nitrogen and oxygen atoms in total. The third-order valence-corrected chi connectivity index (χ3v) is 3.01. The van der Waals surface area contributed by atoms with Crippen molar-refractivity contribution in [3.63, 3.8) is 0 Å². The Bertz CT molecular complexity index is 767. The van der Waals surface area contributed by atoms with Crippen molar-refractivity contribution >= 4 is 22.7 Å². The first kappa shape index (κ1) is 12.2. The van der Waals surface area contributed by atoms with Crippen molar-refractivity contribution in [1.82, 2.24) is 9.97 Å². The largest absolute Gasteiger partial charge is 0.453 e. The first-order chi connectivity index (χ1) is 9.56. The van der Waals surface area contributed by atoms with E-state index < -0.39 is 5.91 Å². The number of para-hydroxylation sites is 1. The Kier molecular flexibility index (Phi) is 2.64.